The highest BCUT2D eigenvalue weighted by molar-refractivity contribution is 7.99. The van der Waals surface area contributed by atoms with Gasteiger partial charge in [-0.1, -0.05) is 12.1 Å². The van der Waals surface area contributed by atoms with Crippen molar-refractivity contribution in [3.05, 3.63) is 35.7 Å². The largest absolute Gasteiger partial charge is 0.324 e. The maximum atomic E-state index is 5.78. The molecule has 1 atom stereocenters. The number of benzene rings is 1. The fourth-order valence-corrected chi connectivity index (χ4v) is 2.07. The van der Waals surface area contributed by atoms with E-state index in [1.807, 2.05) is 38.1 Å². The predicted octanol–water partition coefficient (Wildman–Crippen LogP) is 2.28. The molecule has 4 nitrogen and oxygen atoms in total. The number of aryl methyl sites for hydroxylation is 1. The fraction of sp³-hybridized carbons (Fsp3) is 0.273. The third-order valence-corrected chi connectivity index (χ3v) is 3.06. The first-order valence-electron chi connectivity index (χ1n) is 5.07. The van der Waals surface area contributed by atoms with Crippen LogP contribution >= 0.6 is 11.8 Å². The van der Waals surface area contributed by atoms with Gasteiger partial charge in [-0.3, -0.25) is 5.10 Å². The van der Waals surface area contributed by atoms with Gasteiger partial charge in [0.15, 0.2) is 0 Å². The molecule has 2 aromatic rings. The first kappa shape index (κ1) is 11.2. The molecule has 0 aliphatic carbocycles. The highest BCUT2D eigenvalue weighted by Gasteiger charge is 2.03. The van der Waals surface area contributed by atoms with Crippen LogP contribution in [0, 0.1) is 6.92 Å². The van der Waals surface area contributed by atoms with Crippen molar-refractivity contribution in [2.24, 2.45) is 5.73 Å². The van der Waals surface area contributed by atoms with Crippen LogP contribution in [0.3, 0.4) is 0 Å². The van der Waals surface area contributed by atoms with Gasteiger partial charge in [0.05, 0.1) is 0 Å². The molecule has 0 amide bonds. The van der Waals surface area contributed by atoms with E-state index in [9.17, 15) is 0 Å². The van der Waals surface area contributed by atoms with E-state index in [2.05, 4.69) is 15.2 Å². The number of nitrogens with one attached hydrogen (secondary N) is 1. The van der Waals surface area contributed by atoms with Crippen molar-refractivity contribution in [1.29, 1.82) is 0 Å². The van der Waals surface area contributed by atoms with Gasteiger partial charge in [-0.25, -0.2) is 4.98 Å². The summed E-state index contributed by atoms with van der Waals surface area (Å²) in [7, 11) is 0. The maximum absolute atomic E-state index is 5.78. The Balaban J connectivity index is 2.11. The Bertz CT molecular complexity index is 461. The van der Waals surface area contributed by atoms with Crippen molar-refractivity contribution < 1.29 is 0 Å². The number of aromatic nitrogens is 3. The lowest BCUT2D eigenvalue weighted by atomic mass is 10.1. The Morgan fingerprint density at radius 2 is 2.00 bits per heavy atom. The van der Waals surface area contributed by atoms with Gasteiger partial charge >= 0.3 is 0 Å². The second kappa shape index (κ2) is 4.67. The summed E-state index contributed by atoms with van der Waals surface area (Å²) in [5.74, 6) is 0.828. The van der Waals surface area contributed by atoms with Crippen molar-refractivity contribution in [3.63, 3.8) is 0 Å². The molecule has 0 spiro atoms. The van der Waals surface area contributed by atoms with E-state index in [1.165, 1.54) is 11.8 Å². The first-order valence-corrected chi connectivity index (χ1v) is 5.89. The zero-order chi connectivity index (χ0) is 11.5. The summed E-state index contributed by atoms with van der Waals surface area (Å²) in [6, 6.07) is 8.22. The second-order valence-corrected chi connectivity index (χ2v) is 4.70. The van der Waals surface area contributed by atoms with Crippen LogP contribution in [0.15, 0.2) is 34.3 Å². The molecular weight excluding hydrogens is 220 g/mol. The minimum atomic E-state index is 0.0739. The standard InChI is InChI=1S/C11H14N4S/c1-7(12)9-3-5-10(6-4-9)16-11-13-8(2)14-15-11/h3-7H,12H2,1-2H3,(H,13,14,15)/t7-/m0/s1. The van der Waals surface area contributed by atoms with Crippen molar-refractivity contribution in [2.45, 2.75) is 29.9 Å². The molecule has 0 aliphatic rings. The summed E-state index contributed by atoms with van der Waals surface area (Å²) in [6.07, 6.45) is 0. The molecule has 3 N–H and O–H groups in total. The predicted molar refractivity (Wildman–Crippen MR) is 64.3 cm³/mol. The molecule has 1 aromatic heterocycles. The molecular formula is C11H14N4S. The zero-order valence-corrected chi connectivity index (χ0v) is 10.1. The summed E-state index contributed by atoms with van der Waals surface area (Å²) in [5.41, 5.74) is 6.92. The van der Waals surface area contributed by atoms with Gasteiger partial charge in [0, 0.05) is 10.9 Å². The molecule has 1 heterocycles. The quantitative estimate of drug-likeness (QED) is 0.855. The molecule has 2 rings (SSSR count). The van der Waals surface area contributed by atoms with Gasteiger partial charge in [0.2, 0.25) is 5.16 Å². The van der Waals surface area contributed by atoms with Gasteiger partial charge in [0.1, 0.15) is 5.82 Å². The minimum absolute atomic E-state index is 0.0739. The molecule has 0 fully saturated rings. The van der Waals surface area contributed by atoms with Crippen molar-refractivity contribution in [2.75, 3.05) is 0 Å². The lowest BCUT2D eigenvalue weighted by molar-refractivity contribution is 0.817. The molecule has 16 heavy (non-hydrogen) atoms. The van der Waals surface area contributed by atoms with E-state index in [4.69, 9.17) is 5.73 Å². The number of rotatable bonds is 3. The Morgan fingerprint density at radius 3 is 2.50 bits per heavy atom. The van der Waals surface area contributed by atoms with E-state index >= 15 is 0 Å². The smallest absolute Gasteiger partial charge is 0.213 e. The van der Waals surface area contributed by atoms with Gasteiger partial charge in [-0.15, -0.1) is 5.10 Å². The summed E-state index contributed by atoms with van der Waals surface area (Å²) >= 11 is 1.53. The number of nitrogens with two attached hydrogens (primary N) is 1. The van der Waals surface area contributed by atoms with Crippen LogP contribution in [0.5, 0.6) is 0 Å². The van der Waals surface area contributed by atoms with E-state index in [0.29, 0.717) is 0 Å². The Labute approximate surface area is 98.7 Å². The third kappa shape index (κ3) is 2.62. The fourth-order valence-electron chi connectivity index (χ4n) is 1.31. The third-order valence-electron chi connectivity index (χ3n) is 2.19. The summed E-state index contributed by atoms with van der Waals surface area (Å²) < 4.78 is 0. The Hall–Kier alpha value is -1.33. The summed E-state index contributed by atoms with van der Waals surface area (Å²) in [5, 5.41) is 7.63. The van der Waals surface area contributed by atoms with Crippen molar-refractivity contribution >= 4 is 11.8 Å². The highest BCUT2D eigenvalue weighted by Crippen LogP contribution is 2.25. The van der Waals surface area contributed by atoms with Crippen LogP contribution in [0.4, 0.5) is 0 Å². The van der Waals surface area contributed by atoms with Gasteiger partial charge < -0.3 is 5.73 Å². The van der Waals surface area contributed by atoms with Crippen LogP contribution < -0.4 is 5.73 Å². The van der Waals surface area contributed by atoms with E-state index < -0.39 is 0 Å². The molecule has 0 saturated heterocycles. The molecule has 1 aromatic carbocycles. The van der Waals surface area contributed by atoms with Crippen LogP contribution in [0.2, 0.25) is 0 Å². The number of aromatic amines is 1. The zero-order valence-electron chi connectivity index (χ0n) is 9.27. The molecule has 0 bridgehead atoms. The summed E-state index contributed by atoms with van der Waals surface area (Å²) in [6.45, 7) is 3.86. The SMILES string of the molecule is Cc1nc(Sc2ccc([C@H](C)N)cc2)n[nH]1. The number of H-pyrrole nitrogens is 1. The number of nitrogens with zero attached hydrogens (tertiary/aromatic N) is 2. The molecule has 5 heteroatoms. The Morgan fingerprint density at radius 1 is 1.31 bits per heavy atom. The molecule has 0 aliphatic heterocycles. The average molecular weight is 234 g/mol. The van der Waals surface area contributed by atoms with Gasteiger partial charge in [-0.05, 0) is 43.3 Å². The Kier molecular flexibility index (Phi) is 3.26. The minimum Gasteiger partial charge on any atom is -0.324 e. The molecule has 0 unspecified atom stereocenters. The van der Waals surface area contributed by atoms with Crippen molar-refractivity contribution in [3.8, 4) is 0 Å². The molecule has 84 valence electrons. The first-order chi connectivity index (χ1) is 7.65. The van der Waals surface area contributed by atoms with Crippen LogP contribution in [0.25, 0.3) is 0 Å². The van der Waals surface area contributed by atoms with Gasteiger partial charge in [0.25, 0.3) is 0 Å². The highest BCUT2D eigenvalue weighted by atomic mass is 32.2. The number of hydrogen-bond acceptors (Lipinski definition) is 4. The second-order valence-electron chi connectivity index (χ2n) is 3.66. The molecule has 0 radical (unpaired) electrons. The van der Waals surface area contributed by atoms with E-state index in [0.717, 1.165) is 21.4 Å². The monoisotopic (exact) mass is 234 g/mol. The molecule has 0 saturated carbocycles. The number of hydrogen-bond donors (Lipinski definition) is 2. The van der Waals surface area contributed by atoms with E-state index in [1.54, 1.807) is 0 Å². The van der Waals surface area contributed by atoms with Crippen molar-refractivity contribution in [1.82, 2.24) is 15.2 Å². The normalized spacial score (nSPS) is 12.7. The average Bonchev–Trinajstić information content (AvgIpc) is 2.65. The lowest BCUT2D eigenvalue weighted by Gasteiger charge is -2.05. The lowest BCUT2D eigenvalue weighted by Crippen LogP contribution is -2.04. The van der Waals surface area contributed by atoms with Crippen LogP contribution in [-0.2, 0) is 0 Å². The topological polar surface area (TPSA) is 67.6 Å². The van der Waals surface area contributed by atoms with E-state index in [-0.39, 0.29) is 6.04 Å². The van der Waals surface area contributed by atoms with Crippen LogP contribution in [-0.4, -0.2) is 15.2 Å². The van der Waals surface area contributed by atoms with Crippen LogP contribution in [0.1, 0.15) is 24.4 Å². The summed E-state index contributed by atoms with van der Waals surface area (Å²) in [4.78, 5) is 5.35. The maximum Gasteiger partial charge on any atom is 0.213 e. The van der Waals surface area contributed by atoms with Gasteiger partial charge in [-0.2, -0.15) is 0 Å².